The Kier molecular flexibility index (Phi) is 5.08. The van der Waals surface area contributed by atoms with E-state index in [-0.39, 0.29) is 24.5 Å². The van der Waals surface area contributed by atoms with E-state index in [4.69, 9.17) is 5.11 Å². The van der Waals surface area contributed by atoms with Gasteiger partial charge < -0.3 is 15.3 Å². The molecule has 1 amide bonds. The molecule has 1 saturated heterocycles. The average molecular weight is 281 g/mol. The van der Waals surface area contributed by atoms with Crippen molar-refractivity contribution in [1.82, 2.24) is 25.2 Å². The second-order valence-electron chi connectivity index (χ2n) is 5.43. The van der Waals surface area contributed by atoms with Crippen LogP contribution in [0.5, 0.6) is 0 Å². The van der Waals surface area contributed by atoms with E-state index in [1.54, 1.807) is 10.9 Å². The average Bonchev–Trinajstić information content (AvgIpc) is 2.88. The number of carbonyl (C=O) groups is 1. The fraction of sp³-hybridized carbons (Fsp3) is 0.769. The first-order chi connectivity index (χ1) is 9.63. The van der Waals surface area contributed by atoms with Crippen LogP contribution in [0.3, 0.4) is 0 Å². The second kappa shape index (κ2) is 6.81. The summed E-state index contributed by atoms with van der Waals surface area (Å²) in [5, 5.41) is 20.2. The van der Waals surface area contributed by atoms with Crippen molar-refractivity contribution in [1.29, 1.82) is 0 Å². The number of aromatic nitrogens is 3. The summed E-state index contributed by atoms with van der Waals surface area (Å²) in [7, 11) is 0. The van der Waals surface area contributed by atoms with Gasteiger partial charge in [0.05, 0.1) is 5.69 Å². The maximum absolute atomic E-state index is 12.7. The zero-order valence-corrected chi connectivity index (χ0v) is 12.1. The largest absolute Gasteiger partial charge is 0.396 e. The van der Waals surface area contributed by atoms with Gasteiger partial charge in [0.2, 0.25) is 5.91 Å². The van der Waals surface area contributed by atoms with E-state index in [1.807, 2.05) is 18.7 Å². The van der Waals surface area contributed by atoms with Crippen molar-refractivity contribution >= 4 is 5.91 Å². The van der Waals surface area contributed by atoms with E-state index < -0.39 is 0 Å². The molecule has 2 heterocycles. The van der Waals surface area contributed by atoms with Gasteiger partial charge in [-0.05, 0) is 5.92 Å². The molecule has 1 aliphatic rings. The third-order valence-electron chi connectivity index (χ3n) is 3.52. The van der Waals surface area contributed by atoms with Crippen LogP contribution in [0.2, 0.25) is 0 Å². The lowest BCUT2D eigenvalue weighted by Gasteiger charge is -2.32. The highest BCUT2D eigenvalue weighted by Gasteiger charge is 2.30. The molecule has 1 aliphatic heterocycles. The van der Waals surface area contributed by atoms with Crippen molar-refractivity contribution in [3.05, 3.63) is 11.9 Å². The Balaban J connectivity index is 2.14. The van der Waals surface area contributed by atoms with Gasteiger partial charge in [0.25, 0.3) is 0 Å². The zero-order chi connectivity index (χ0) is 14.5. The number of nitrogens with one attached hydrogen (secondary N) is 1. The van der Waals surface area contributed by atoms with Gasteiger partial charge in [-0.15, -0.1) is 5.10 Å². The fourth-order valence-corrected chi connectivity index (χ4v) is 2.45. The first-order valence-corrected chi connectivity index (χ1v) is 7.14. The smallest absolute Gasteiger partial charge is 0.247 e. The number of rotatable bonds is 5. The molecule has 0 aliphatic carbocycles. The Hall–Kier alpha value is -1.47. The van der Waals surface area contributed by atoms with Crippen LogP contribution in [-0.2, 0) is 11.2 Å². The van der Waals surface area contributed by atoms with Crippen LogP contribution in [0.25, 0.3) is 0 Å². The molecule has 0 unspecified atom stereocenters. The van der Waals surface area contributed by atoms with Crippen molar-refractivity contribution in [3.63, 3.8) is 0 Å². The summed E-state index contributed by atoms with van der Waals surface area (Å²) < 4.78 is 1.64. The maximum atomic E-state index is 12.7. The Bertz CT molecular complexity index is 440. The summed E-state index contributed by atoms with van der Waals surface area (Å²) in [6.45, 7) is 7.21. The van der Waals surface area contributed by atoms with Crippen LogP contribution in [0.15, 0.2) is 6.20 Å². The fourth-order valence-electron chi connectivity index (χ4n) is 2.45. The molecule has 1 aromatic heterocycles. The van der Waals surface area contributed by atoms with E-state index in [9.17, 15) is 4.79 Å². The normalized spacial score (nSPS) is 17.5. The molecule has 1 aromatic rings. The van der Waals surface area contributed by atoms with Gasteiger partial charge in [-0.3, -0.25) is 4.79 Å². The van der Waals surface area contributed by atoms with Crippen molar-refractivity contribution in [2.45, 2.75) is 26.3 Å². The number of amides is 1. The van der Waals surface area contributed by atoms with Gasteiger partial charge in [-0.2, -0.15) is 0 Å². The van der Waals surface area contributed by atoms with E-state index >= 15 is 0 Å². The Morgan fingerprint density at radius 2 is 2.15 bits per heavy atom. The quantitative estimate of drug-likeness (QED) is 0.756. The highest BCUT2D eigenvalue weighted by molar-refractivity contribution is 5.80. The number of aliphatic hydroxyl groups is 1. The number of carbonyl (C=O) groups excluding carboxylic acids is 1. The number of aliphatic hydroxyl groups excluding tert-OH is 1. The molecule has 0 spiro atoms. The SMILES string of the molecule is CC(C)[C@H](C(=O)N1CCNCC1)n1cc(CCO)nn1. The van der Waals surface area contributed by atoms with Crippen molar-refractivity contribution in [3.8, 4) is 0 Å². The van der Waals surface area contributed by atoms with Crippen LogP contribution in [-0.4, -0.2) is 63.7 Å². The van der Waals surface area contributed by atoms with Gasteiger partial charge >= 0.3 is 0 Å². The molecule has 0 aromatic carbocycles. The number of hydrogen-bond donors (Lipinski definition) is 2. The molecule has 112 valence electrons. The Morgan fingerprint density at radius 1 is 1.45 bits per heavy atom. The van der Waals surface area contributed by atoms with Crippen LogP contribution in [0, 0.1) is 5.92 Å². The summed E-state index contributed by atoms with van der Waals surface area (Å²) in [5.41, 5.74) is 0.714. The molecule has 2 N–H and O–H groups in total. The maximum Gasteiger partial charge on any atom is 0.247 e. The summed E-state index contributed by atoms with van der Waals surface area (Å²) in [6.07, 6.45) is 2.23. The minimum absolute atomic E-state index is 0.0385. The lowest BCUT2D eigenvalue weighted by atomic mass is 10.0. The standard InChI is InChI=1S/C13H23N5O2/c1-10(2)12(13(20)17-6-4-14-5-7-17)18-9-11(3-8-19)15-16-18/h9-10,12,14,19H,3-8H2,1-2H3/t12-/m1/s1. The predicted molar refractivity (Wildman–Crippen MR) is 74.1 cm³/mol. The van der Waals surface area contributed by atoms with Crippen molar-refractivity contribution in [2.24, 2.45) is 5.92 Å². The van der Waals surface area contributed by atoms with E-state index in [0.717, 1.165) is 26.2 Å². The number of piperazine rings is 1. The summed E-state index contributed by atoms with van der Waals surface area (Å²) in [4.78, 5) is 14.6. The summed E-state index contributed by atoms with van der Waals surface area (Å²) in [6, 6.07) is -0.326. The molecule has 0 saturated carbocycles. The first kappa shape index (κ1) is 14.9. The van der Waals surface area contributed by atoms with Crippen LogP contribution in [0.4, 0.5) is 0 Å². The Labute approximate surface area is 119 Å². The van der Waals surface area contributed by atoms with E-state index in [1.165, 1.54) is 0 Å². The second-order valence-corrected chi connectivity index (χ2v) is 5.43. The first-order valence-electron chi connectivity index (χ1n) is 7.14. The molecule has 7 heteroatoms. The minimum Gasteiger partial charge on any atom is -0.396 e. The summed E-state index contributed by atoms with van der Waals surface area (Å²) in [5.74, 6) is 0.239. The highest BCUT2D eigenvalue weighted by atomic mass is 16.3. The van der Waals surface area contributed by atoms with Gasteiger partial charge in [0.1, 0.15) is 6.04 Å². The molecule has 1 atom stereocenters. The lowest BCUT2D eigenvalue weighted by molar-refractivity contribution is -0.137. The highest BCUT2D eigenvalue weighted by Crippen LogP contribution is 2.20. The van der Waals surface area contributed by atoms with Gasteiger partial charge in [-0.1, -0.05) is 19.1 Å². The van der Waals surface area contributed by atoms with E-state index in [0.29, 0.717) is 12.1 Å². The third kappa shape index (κ3) is 3.34. The molecule has 2 rings (SSSR count). The Morgan fingerprint density at radius 3 is 2.75 bits per heavy atom. The van der Waals surface area contributed by atoms with Crippen molar-refractivity contribution in [2.75, 3.05) is 32.8 Å². The summed E-state index contributed by atoms with van der Waals surface area (Å²) >= 11 is 0. The molecule has 1 fully saturated rings. The molecular formula is C13H23N5O2. The molecule has 0 bridgehead atoms. The van der Waals surface area contributed by atoms with Crippen LogP contribution >= 0.6 is 0 Å². The lowest BCUT2D eigenvalue weighted by Crippen LogP contribution is -2.49. The molecule has 7 nitrogen and oxygen atoms in total. The number of hydrogen-bond acceptors (Lipinski definition) is 5. The van der Waals surface area contributed by atoms with Crippen molar-refractivity contribution < 1.29 is 9.90 Å². The predicted octanol–water partition coefficient (Wildman–Crippen LogP) is -0.558. The third-order valence-corrected chi connectivity index (χ3v) is 3.52. The molecule has 0 radical (unpaired) electrons. The molecular weight excluding hydrogens is 258 g/mol. The molecule has 20 heavy (non-hydrogen) atoms. The minimum atomic E-state index is -0.326. The van der Waals surface area contributed by atoms with Crippen LogP contribution in [0.1, 0.15) is 25.6 Å². The van der Waals surface area contributed by atoms with E-state index in [2.05, 4.69) is 15.6 Å². The number of nitrogens with zero attached hydrogens (tertiary/aromatic N) is 4. The van der Waals surface area contributed by atoms with Gasteiger partial charge in [-0.25, -0.2) is 4.68 Å². The monoisotopic (exact) mass is 281 g/mol. The van der Waals surface area contributed by atoms with Gasteiger partial charge in [0.15, 0.2) is 0 Å². The zero-order valence-electron chi connectivity index (χ0n) is 12.1. The topological polar surface area (TPSA) is 83.3 Å². The van der Waals surface area contributed by atoms with Gasteiger partial charge in [0, 0.05) is 45.4 Å². The van der Waals surface area contributed by atoms with Crippen LogP contribution < -0.4 is 5.32 Å².